The Morgan fingerprint density at radius 2 is 1.72 bits per heavy atom. The molecule has 1 aliphatic rings. The lowest BCUT2D eigenvalue weighted by molar-refractivity contribution is -0.140. The smallest absolute Gasteiger partial charge is 0.343 e. The molecular formula is C28H26F4N4O3. The standard InChI is InChI=1S/C28H26F4N4O3/c1-14-22(24(37)26(39)35-27(3,4)17-7-6-16-10-11-33-21(16)12-17)15(2)36(5)23(14)25(38)34-18-8-9-20(29)19(13-18)28(30,31)32/h6-9,11-13H,10H2,1-5H3,(H,34,38)(H,35,39). The van der Waals surface area contributed by atoms with Crippen LogP contribution in [0.1, 0.15) is 62.6 Å². The monoisotopic (exact) mass is 542 g/mol. The molecule has 2 heterocycles. The first-order valence-corrected chi connectivity index (χ1v) is 12.0. The summed E-state index contributed by atoms with van der Waals surface area (Å²) in [6.45, 7) is 6.52. The average Bonchev–Trinajstić information content (AvgIpc) is 3.40. The van der Waals surface area contributed by atoms with Gasteiger partial charge in [-0.3, -0.25) is 19.4 Å². The molecule has 4 rings (SSSR count). The van der Waals surface area contributed by atoms with Gasteiger partial charge >= 0.3 is 6.18 Å². The summed E-state index contributed by atoms with van der Waals surface area (Å²) < 4.78 is 54.3. The Bertz CT molecular complexity index is 1550. The molecule has 2 aromatic carbocycles. The number of Topliss-reactive ketones (excluding diaryl/α,β-unsaturated/α-hetero) is 1. The third-order valence-electron chi connectivity index (χ3n) is 6.88. The minimum Gasteiger partial charge on any atom is -0.343 e. The van der Waals surface area contributed by atoms with Crippen LogP contribution in [0.3, 0.4) is 0 Å². The number of rotatable bonds is 6. The van der Waals surface area contributed by atoms with Gasteiger partial charge in [0, 0.05) is 31.1 Å². The van der Waals surface area contributed by atoms with Crippen LogP contribution in [0.2, 0.25) is 0 Å². The molecule has 0 radical (unpaired) electrons. The van der Waals surface area contributed by atoms with Gasteiger partial charge < -0.3 is 15.2 Å². The minimum atomic E-state index is -4.95. The number of amides is 2. The fourth-order valence-electron chi connectivity index (χ4n) is 4.66. The van der Waals surface area contributed by atoms with Crippen LogP contribution in [-0.2, 0) is 30.0 Å². The highest BCUT2D eigenvalue weighted by molar-refractivity contribution is 6.43. The lowest BCUT2D eigenvalue weighted by atomic mass is 9.92. The van der Waals surface area contributed by atoms with E-state index in [0.29, 0.717) is 17.8 Å². The number of anilines is 1. The molecule has 1 aliphatic heterocycles. The van der Waals surface area contributed by atoms with Crippen LogP contribution >= 0.6 is 0 Å². The molecule has 2 amide bonds. The Hall–Kier alpha value is -4.28. The summed E-state index contributed by atoms with van der Waals surface area (Å²) in [4.78, 5) is 43.7. The molecule has 0 bridgehead atoms. The number of nitrogens with zero attached hydrogens (tertiary/aromatic N) is 2. The third-order valence-corrected chi connectivity index (χ3v) is 6.88. The average molecular weight is 543 g/mol. The van der Waals surface area contributed by atoms with E-state index in [1.165, 1.54) is 18.5 Å². The van der Waals surface area contributed by atoms with E-state index < -0.39 is 40.7 Å². The number of halogens is 4. The van der Waals surface area contributed by atoms with E-state index in [2.05, 4.69) is 15.6 Å². The molecule has 0 saturated heterocycles. The fraction of sp³-hybridized carbons (Fsp3) is 0.286. The first-order chi connectivity index (χ1) is 18.1. The van der Waals surface area contributed by atoms with Crippen molar-refractivity contribution in [2.24, 2.45) is 12.0 Å². The quantitative estimate of drug-likeness (QED) is 0.243. The van der Waals surface area contributed by atoms with Crippen LogP contribution < -0.4 is 10.6 Å². The highest BCUT2D eigenvalue weighted by Gasteiger charge is 2.35. The van der Waals surface area contributed by atoms with Crippen LogP contribution in [0.5, 0.6) is 0 Å². The van der Waals surface area contributed by atoms with Crippen LogP contribution in [-0.4, -0.2) is 28.4 Å². The van der Waals surface area contributed by atoms with Crippen molar-refractivity contribution in [3.63, 3.8) is 0 Å². The van der Waals surface area contributed by atoms with Gasteiger partial charge in [0.1, 0.15) is 11.5 Å². The molecule has 0 unspecified atom stereocenters. The van der Waals surface area contributed by atoms with Gasteiger partial charge in [0.25, 0.3) is 17.6 Å². The Morgan fingerprint density at radius 1 is 1.03 bits per heavy atom. The maximum atomic E-state index is 13.6. The molecule has 0 saturated carbocycles. The second kappa shape index (κ2) is 9.79. The largest absolute Gasteiger partial charge is 0.419 e. The van der Waals surface area contributed by atoms with Gasteiger partial charge in [0.2, 0.25) is 0 Å². The molecule has 39 heavy (non-hydrogen) atoms. The van der Waals surface area contributed by atoms with E-state index in [0.717, 1.165) is 29.3 Å². The maximum Gasteiger partial charge on any atom is 0.419 e. The molecule has 0 atom stereocenters. The van der Waals surface area contributed by atoms with Crippen molar-refractivity contribution in [1.29, 1.82) is 0 Å². The second-order valence-electron chi connectivity index (χ2n) is 9.91. The lowest BCUT2D eigenvalue weighted by Gasteiger charge is -2.27. The summed E-state index contributed by atoms with van der Waals surface area (Å²) in [5.41, 5.74) is 0.359. The SMILES string of the molecule is Cc1c(C(=O)C(=O)NC(C)(C)c2ccc3c(c2)N=CC3)c(C)n(C)c1C(=O)Nc1ccc(F)c(C(F)(F)F)c1. The number of nitrogens with one attached hydrogen (secondary N) is 2. The van der Waals surface area contributed by atoms with Gasteiger partial charge in [-0.15, -0.1) is 0 Å². The van der Waals surface area contributed by atoms with Crippen LogP contribution in [0.25, 0.3) is 0 Å². The number of aromatic nitrogens is 1. The second-order valence-corrected chi connectivity index (χ2v) is 9.91. The third kappa shape index (κ3) is 5.21. The molecule has 0 fully saturated rings. The fourth-order valence-corrected chi connectivity index (χ4v) is 4.66. The summed E-state index contributed by atoms with van der Waals surface area (Å²) >= 11 is 0. The number of fused-ring (bicyclic) bond motifs is 1. The number of hydrogen-bond acceptors (Lipinski definition) is 4. The molecule has 0 spiro atoms. The number of hydrogen-bond donors (Lipinski definition) is 2. The van der Waals surface area contributed by atoms with Crippen molar-refractivity contribution >= 4 is 35.2 Å². The zero-order valence-electron chi connectivity index (χ0n) is 21.9. The number of benzene rings is 2. The Kier molecular flexibility index (Phi) is 6.97. The predicted octanol–water partition coefficient (Wildman–Crippen LogP) is 5.54. The summed E-state index contributed by atoms with van der Waals surface area (Å²) in [6.07, 6.45) is -2.42. The van der Waals surface area contributed by atoms with Crippen molar-refractivity contribution in [3.05, 3.63) is 81.4 Å². The van der Waals surface area contributed by atoms with Crippen LogP contribution in [0.4, 0.5) is 28.9 Å². The van der Waals surface area contributed by atoms with Crippen molar-refractivity contribution in [2.75, 3.05) is 5.32 Å². The summed E-state index contributed by atoms with van der Waals surface area (Å²) in [5.74, 6) is -4.05. The van der Waals surface area contributed by atoms with Crippen molar-refractivity contribution in [3.8, 4) is 0 Å². The van der Waals surface area contributed by atoms with Gasteiger partial charge in [-0.1, -0.05) is 12.1 Å². The number of alkyl halides is 3. The highest BCUT2D eigenvalue weighted by Crippen LogP contribution is 2.34. The first kappa shape index (κ1) is 27.7. The van der Waals surface area contributed by atoms with E-state index in [1.807, 2.05) is 18.2 Å². The van der Waals surface area contributed by atoms with E-state index in [-0.39, 0.29) is 22.5 Å². The highest BCUT2D eigenvalue weighted by atomic mass is 19.4. The van der Waals surface area contributed by atoms with E-state index >= 15 is 0 Å². The van der Waals surface area contributed by atoms with E-state index in [4.69, 9.17) is 0 Å². The molecule has 7 nitrogen and oxygen atoms in total. The van der Waals surface area contributed by atoms with Gasteiger partial charge in [-0.05, 0) is 68.7 Å². The van der Waals surface area contributed by atoms with Crippen LogP contribution in [0, 0.1) is 19.7 Å². The molecule has 2 N–H and O–H groups in total. The van der Waals surface area contributed by atoms with Crippen molar-refractivity contribution < 1.29 is 31.9 Å². The number of aliphatic imine (C=N–C) groups is 1. The van der Waals surface area contributed by atoms with Gasteiger partial charge in [-0.25, -0.2) is 4.39 Å². The van der Waals surface area contributed by atoms with Crippen molar-refractivity contribution in [2.45, 2.75) is 45.8 Å². The molecule has 1 aromatic heterocycles. The summed E-state index contributed by atoms with van der Waals surface area (Å²) in [6, 6.07) is 7.73. The van der Waals surface area contributed by atoms with Crippen LogP contribution in [0.15, 0.2) is 41.4 Å². The molecular weight excluding hydrogens is 516 g/mol. The van der Waals surface area contributed by atoms with E-state index in [9.17, 15) is 31.9 Å². The lowest BCUT2D eigenvalue weighted by Crippen LogP contribution is -2.44. The van der Waals surface area contributed by atoms with Gasteiger partial charge in [0.05, 0.1) is 22.4 Å². The number of ketones is 1. The Morgan fingerprint density at radius 3 is 2.38 bits per heavy atom. The number of carbonyl (C=O) groups is 3. The summed E-state index contributed by atoms with van der Waals surface area (Å²) in [5, 5.41) is 5.07. The zero-order chi connectivity index (χ0) is 28.9. The topological polar surface area (TPSA) is 92.6 Å². The van der Waals surface area contributed by atoms with Gasteiger partial charge in [-0.2, -0.15) is 13.2 Å². The van der Waals surface area contributed by atoms with E-state index in [1.54, 1.807) is 27.0 Å². The first-order valence-electron chi connectivity index (χ1n) is 12.0. The number of carbonyl (C=O) groups excluding carboxylic acids is 3. The molecule has 11 heteroatoms. The predicted molar refractivity (Wildman–Crippen MR) is 138 cm³/mol. The molecule has 3 aromatic rings. The molecule has 0 aliphatic carbocycles. The zero-order valence-corrected chi connectivity index (χ0v) is 21.9. The van der Waals surface area contributed by atoms with Crippen molar-refractivity contribution in [1.82, 2.24) is 9.88 Å². The Labute approximate surface area is 221 Å². The summed E-state index contributed by atoms with van der Waals surface area (Å²) in [7, 11) is 1.49. The normalized spacial score (nSPS) is 12.8. The molecule has 204 valence electrons. The minimum absolute atomic E-state index is 0.00425. The maximum absolute atomic E-state index is 13.6. The van der Waals surface area contributed by atoms with Gasteiger partial charge in [0.15, 0.2) is 0 Å². The Balaban J connectivity index is 1.58.